The maximum absolute atomic E-state index is 12.2. The van der Waals surface area contributed by atoms with Crippen LogP contribution < -0.4 is 0 Å². The van der Waals surface area contributed by atoms with Crippen LogP contribution in [0.1, 0.15) is 26.3 Å². The molecule has 0 N–H and O–H groups in total. The Kier molecular flexibility index (Phi) is 4.90. The number of carbonyl (C=O) groups is 1. The zero-order valence-corrected chi connectivity index (χ0v) is 15.0. The van der Waals surface area contributed by atoms with Crippen LogP contribution in [0.2, 0.25) is 0 Å². The fraction of sp³-hybridized carbons (Fsp3) is 0.278. The largest absolute Gasteiger partial charge is 0.464 e. The van der Waals surface area contributed by atoms with E-state index in [1.165, 1.54) is 10.9 Å². The Morgan fingerprint density at radius 1 is 1.26 bits per heavy atom. The number of carbonyl (C=O) groups excluding carboxylic acids is 1. The molecule has 27 heavy (non-hydrogen) atoms. The van der Waals surface area contributed by atoms with Gasteiger partial charge in [-0.15, -0.1) is 15.3 Å². The molecule has 1 aliphatic heterocycles. The van der Waals surface area contributed by atoms with E-state index in [1.807, 2.05) is 36.4 Å². The highest BCUT2D eigenvalue weighted by Gasteiger charge is 2.38. The van der Waals surface area contributed by atoms with Crippen molar-refractivity contribution < 1.29 is 19.0 Å². The number of azo groups is 1. The van der Waals surface area contributed by atoms with Crippen LogP contribution in [0.15, 0.2) is 58.4 Å². The Morgan fingerprint density at radius 3 is 2.67 bits per heavy atom. The van der Waals surface area contributed by atoms with Crippen LogP contribution in [0.4, 0.5) is 5.82 Å². The van der Waals surface area contributed by atoms with Gasteiger partial charge in [0.15, 0.2) is 0 Å². The summed E-state index contributed by atoms with van der Waals surface area (Å²) < 4.78 is 17.5. The first-order chi connectivity index (χ1) is 12.9. The summed E-state index contributed by atoms with van der Waals surface area (Å²) in [6.45, 7) is 5.16. The van der Waals surface area contributed by atoms with E-state index >= 15 is 0 Å². The second-order valence-corrected chi connectivity index (χ2v) is 5.92. The lowest BCUT2D eigenvalue weighted by Crippen LogP contribution is -2.37. The van der Waals surface area contributed by atoms with Crippen LogP contribution in [0.5, 0.6) is 0 Å². The number of nitriles is 1. The fourth-order valence-electron chi connectivity index (χ4n) is 2.29. The molecule has 2 aromatic rings. The maximum Gasteiger partial charge on any atom is 0.369 e. The molecule has 0 fully saturated rings. The third-order valence-corrected chi connectivity index (χ3v) is 3.42. The van der Waals surface area contributed by atoms with Gasteiger partial charge in [0.1, 0.15) is 11.6 Å². The highest BCUT2D eigenvalue weighted by molar-refractivity contribution is 5.89. The molecule has 0 bridgehead atoms. The molecule has 0 spiro atoms. The number of rotatable bonds is 5. The van der Waals surface area contributed by atoms with Crippen molar-refractivity contribution in [2.45, 2.75) is 26.6 Å². The maximum atomic E-state index is 12.2. The molecule has 0 saturated heterocycles. The van der Waals surface area contributed by atoms with Crippen LogP contribution in [-0.4, -0.2) is 28.1 Å². The quantitative estimate of drug-likeness (QED) is 0.592. The summed E-state index contributed by atoms with van der Waals surface area (Å²) in [5.41, 5.74) is 0.729. The molecule has 0 unspecified atom stereocenters. The summed E-state index contributed by atoms with van der Waals surface area (Å²) in [6, 6.07) is 11.2. The molecule has 9 nitrogen and oxygen atoms in total. The highest BCUT2D eigenvalue weighted by Crippen LogP contribution is 2.29. The molecule has 0 radical (unpaired) electrons. The Balaban J connectivity index is 1.96. The van der Waals surface area contributed by atoms with E-state index in [-0.39, 0.29) is 29.6 Å². The minimum absolute atomic E-state index is 0.0577. The summed E-state index contributed by atoms with van der Waals surface area (Å²) in [4.78, 5) is 12.2. The minimum atomic E-state index is -1.17. The molecule has 0 aliphatic carbocycles. The van der Waals surface area contributed by atoms with E-state index in [9.17, 15) is 10.1 Å². The van der Waals surface area contributed by atoms with Crippen molar-refractivity contribution in [3.05, 3.63) is 53.7 Å². The fourth-order valence-corrected chi connectivity index (χ4v) is 2.29. The SMILES string of the molecule is CCOC1=C(N=Nc2nn(-c3ccccc3)cc2C#N)C(=O)OC(C)(C)O1. The number of ether oxygens (including phenoxy) is 3. The topological polar surface area (TPSA) is 111 Å². The predicted molar refractivity (Wildman–Crippen MR) is 92.7 cm³/mol. The Labute approximate surface area is 155 Å². The zero-order chi connectivity index (χ0) is 19.4. The molecule has 1 aliphatic rings. The summed E-state index contributed by atoms with van der Waals surface area (Å²) in [5, 5.41) is 21.4. The molecular formula is C18H17N5O4. The van der Waals surface area contributed by atoms with E-state index in [4.69, 9.17) is 14.2 Å². The van der Waals surface area contributed by atoms with Gasteiger partial charge in [-0.2, -0.15) is 5.26 Å². The van der Waals surface area contributed by atoms with Gasteiger partial charge in [-0.05, 0) is 19.1 Å². The molecule has 0 atom stereocenters. The van der Waals surface area contributed by atoms with Crippen LogP contribution in [0, 0.1) is 11.3 Å². The van der Waals surface area contributed by atoms with Crippen molar-refractivity contribution in [1.29, 1.82) is 5.26 Å². The van der Waals surface area contributed by atoms with E-state index in [0.717, 1.165) is 5.69 Å². The van der Waals surface area contributed by atoms with E-state index in [1.54, 1.807) is 20.8 Å². The molecule has 2 heterocycles. The standard InChI is InChI=1S/C18H17N5O4/c1-4-25-17-14(16(24)26-18(2,3)27-17)20-21-15-12(10-19)11-23(22-15)13-8-6-5-7-9-13/h5-9,11H,4H2,1-3H3. The van der Waals surface area contributed by atoms with Gasteiger partial charge in [0.25, 0.3) is 11.5 Å². The minimum Gasteiger partial charge on any atom is -0.464 e. The van der Waals surface area contributed by atoms with Gasteiger partial charge in [-0.3, -0.25) is 0 Å². The molecular weight excluding hydrogens is 350 g/mol. The second-order valence-electron chi connectivity index (χ2n) is 5.92. The number of aromatic nitrogens is 2. The van der Waals surface area contributed by atoms with Crippen molar-refractivity contribution in [2.24, 2.45) is 10.2 Å². The van der Waals surface area contributed by atoms with Crippen LogP contribution in [0.3, 0.4) is 0 Å². The van der Waals surface area contributed by atoms with Crippen molar-refractivity contribution in [3.63, 3.8) is 0 Å². The molecule has 0 saturated carbocycles. The predicted octanol–water partition coefficient (Wildman–Crippen LogP) is 3.34. The third kappa shape index (κ3) is 3.95. The summed E-state index contributed by atoms with van der Waals surface area (Å²) in [5.74, 6) is -1.93. The van der Waals surface area contributed by atoms with Crippen LogP contribution in [0.25, 0.3) is 5.69 Å². The van der Waals surface area contributed by atoms with Crippen LogP contribution in [-0.2, 0) is 19.0 Å². The molecule has 9 heteroatoms. The summed E-state index contributed by atoms with van der Waals surface area (Å²) in [7, 11) is 0. The normalized spacial score (nSPS) is 16.0. The Hall–Kier alpha value is -3.67. The first-order valence-electron chi connectivity index (χ1n) is 8.20. The number of cyclic esters (lactones) is 1. The van der Waals surface area contributed by atoms with E-state index in [0.29, 0.717) is 0 Å². The van der Waals surface area contributed by atoms with Crippen molar-refractivity contribution >= 4 is 11.8 Å². The van der Waals surface area contributed by atoms with Gasteiger partial charge in [-0.25, -0.2) is 9.48 Å². The Bertz CT molecular complexity index is 954. The lowest BCUT2D eigenvalue weighted by molar-refractivity contribution is -0.226. The monoisotopic (exact) mass is 367 g/mol. The molecule has 0 amide bonds. The van der Waals surface area contributed by atoms with Crippen molar-refractivity contribution in [3.8, 4) is 11.8 Å². The van der Waals surface area contributed by atoms with Gasteiger partial charge >= 0.3 is 11.9 Å². The highest BCUT2D eigenvalue weighted by atomic mass is 16.8. The smallest absolute Gasteiger partial charge is 0.369 e. The van der Waals surface area contributed by atoms with Crippen LogP contribution >= 0.6 is 0 Å². The zero-order valence-electron chi connectivity index (χ0n) is 15.0. The number of nitrogens with zero attached hydrogens (tertiary/aromatic N) is 5. The molecule has 1 aromatic heterocycles. The Morgan fingerprint density at radius 2 is 2.00 bits per heavy atom. The van der Waals surface area contributed by atoms with Crippen molar-refractivity contribution in [2.75, 3.05) is 6.61 Å². The van der Waals surface area contributed by atoms with Crippen molar-refractivity contribution in [1.82, 2.24) is 9.78 Å². The first-order valence-corrected chi connectivity index (χ1v) is 8.20. The number of hydrogen-bond acceptors (Lipinski definition) is 8. The molecule has 1 aromatic carbocycles. The van der Waals surface area contributed by atoms with Gasteiger partial charge in [0.05, 0.1) is 18.5 Å². The molecule has 138 valence electrons. The summed E-state index contributed by atoms with van der Waals surface area (Å²) in [6.07, 6.45) is 1.53. The summed E-state index contributed by atoms with van der Waals surface area (Å²) >= 11 is 0. The lowest BCUT2D eigenvalue weighted by atomic mass is 10.3. The van der Waals surface area contributed by atoms with Gasteiger partial charge in [-0.1, -0.05) is 18.2 Å². The number of hydrogen-bond donors (Lipinski definition) is 0. The van der Waals surface area contributed by atoms with Gasteiger partial charge in [0.2, 0.25) is 5.82 Å². The number of benzene rings is 1. The second kappa shape index (κ2) is 7.29. The number of esters is 1. The third-order valence-electron chi connectivity index (χ3n) is 3.42. The number of para-hydroxylation sites is 1. The van der Waals surface area contributed by atoms with Gasteiger partial charge < -0.3 is 14.2 Å². The van der Waals surface area contributed by atoms with Gasteiger partial charge in [0, 0.05) is 13.8 Å². The molecule has 3 rings (SSSR count). The van der Waals surface area contributed by atoms with E-state index in [2.05, 4.69) is 15.3 Å². The average Bonchev–Trinajstić information content (AvgIpc) is 3.04. The average molecular weight is 367 g/mol. The lowest BCUT2D eigenvalue weighted by Gasteiger charge is -2.30. The first kappa shape index (κ1) is 18.1. The van der Waals surface area contributed by atoms with E-state index < -0.39 is 11.8 Å².